The van der Waals surface area contributed by atoms with Crippen LogP contribution in [0.25, 0.3) is 0 Å². The van der Waals surface area contributed by atoms with E-state index >= 15 is 0 Å². The molecule has 21 rings (SSSR count). The molecule has 0 spiro atoms. The fourth-order valence-corrected chi connectivity index (χ4v) is 20.1. The maximum atomic E-state index is 2.65. The maximum absolute atomic E-state index is 2.65. The van der Waals surface area contributed by atoms with Crippen molar-refractivity contribution >= 4 is 138 Å². The summed E-state index contributed by atoms with van der Waals surface area (Å²) in [6.07, 6.45) is 2.29. The fraction of sp³-hybridized carbons (Fsp3) is 0.308. The Morgan fingerprint density at radius 1 is 0.310 bits per heavy atom. The smallest absolute Gasteiger partial charge is 0.252 e. The Hall–Kier alpha value is -8.03. The third-order valence-corrected chi connectivity index (χ3v) is 25.0. The largest absolute Gasteiger partial charge is 0.339 e. The number of anilines is 12. The quantitative estimate of drug-likeness (QED) is 0.140. The van der Waals surface area contributed by atoms with Gasteiger partial charge in [0.1, 0.15) is 0 Å². The Kier molecular flexibility index (Phi) is 9.96. The summed E-state index contributed by atoms with van der Waals surface area (Å²) in [7, 11) is 0. The van der Waals surface area contributed by atoms with Gasteiger partial charge >= 0.3 is 0 Å². The molecular weight excluding hydrogens is 1050 g/mol. The van der Waals surface area contributed by atoms with Crippen LogP contribution in [-0.4, -0.2) is 56.4 Å². The maximum Gasteiger partial charge on any atom is 0.252 e. The third-order valence-electron chi connectivity index (χ3n) is 25.0. The van der Waals surface area contributed by atoms with Gasteiger partial charge in [0.15, 0.2) is 0 Å². The Morgan fingerprint density at radius 2 is 0.598 bits per heavy atom. The molecule has 9 heteroatoms. The second kappa shape index (κ2) is 17.0. The highest BCUT2D eigenvalue weighted by atomic mass is 15.3. The standard InChI is InChI=1S/C28H29BN2.C26H25BN2.C24H21BN2/c1-16-27(3,4)18-10-7-12-20-25(18)30(16)22-14-9-15-23-24(22)29(20)21-13-8-11-19-26(21)31(23)17(2)28(19,5)6;1-14-16(3)28-22-12-7-13-23-24(22)27(20-10-5-8-18(14)25(20)28)21-11-6-9-19-15(2)17(4)29(23)26(19)21;1-14-12-16-6-3-8-18-23(16)26(14)20-10-5-11-21-22(20)25(18)19-9-4-7-17-13-15(2)27(21)24(17)19/h7-17H,1-6H3;5-17H,1-4H3;3-11,14-15H,12-13H2,1-2H3. The molecule has 6 nitrogen and oxygen atoms in total. The van der Waals surface area contributed by atoms with Crippen molar-refractivity contribution in [2.24, 2.45) is 0 Å². The molecule has 0 bridgehead atoms. The van der Waals surface area contributed by atoms with Crippen LogP contribution in [0.3, 0.4) is 0 Å². The lowest BCUT2D eigenvalue weighted by atomic mass is 9.33. The number of benzene rings is 9. The van der Waals surface area contributed by atoms with Crippen LogP contribution in [0.15, 0.2) is 164 Å². The van der Waals surface area contributed by atoms with Crippen molar-refractivity contribution in [3.05, 3.63) is 197 Å². The van der Waals surface area contributed by atoms with Crippen molar-refractivity contribution in [2.75, 3.05) is 29.4 Å². The first-order chi connectivity index (χ1) is 42.1. The first-order valence-corrected chi connectivity index (χ1v) is 33.0. The summed E-state index contributed by atoms with van der Waals surface area (Å²) in [6.45, 7) is 29.8. The molecule has 0 saturated heterocycles. The van der Waals surface area contributed by atoms with E-state index in [1.165, 1.54) is 151 Å². The van der Waals surface area contributed by atoms with E-state index in [4.69, 9.17) is 0 Å². The molecule has 8 unspecified atom stereocenters. The van der Waals surface area contributed by atoms with Gasteiger partial charge in [-0.1, -0.05) is 169 Å². The normalized spacial score (nSPS) is 24.9. The minimum atomic E-state index is 0.123. The van der Waals surface area contributed by atoms with Gasteiger partial charge in [0.2, 0.25) is 0 Å². The highest BCUT2D eigenvalue weighted by Gasteiger charge is 2.56. The van der Waals surface area contributed by atoms with Gasteiger partial charge in [0, 0.05) is 127 Å². The summed E-state index contributed by atoms with van der Waals surface area (Å²) >= 11 is 0. The van der Waals surface area contributed by atoms with E-state index in [0.717, 1.165) is 12.8 Å². The lowest BCUT2D eigenvalue weighted by molar-refractivity contribution is 0.461. The van der Waals surface area contributed by atoms with Gasteiger partial charge in [-0.15, -0.1) is 0 Å². The molecule has 0 radical (unpaired) electrons. The molecule has 0 aliphatic carbocycles. The highest BCUT2D eigenvalue weighted by molar-refractivity contribution is 7.02. The zero-order valence-electron chi connectivity index (χ0n) is 52.5. The van der Waals surface area contributed by atoms with Crippen LogP contribution in [0.4, 0.5) is 68.2 Å². The zero-order chi connectivity index (χ0) is 58.9. The van der Waals surface area contributed by atoms with Gasteiger partial charge in [0.05, 0.1) is 0 Å². The first-order valence-electron chi connectivity index (χ1n) is 33.0. The molecule has 0 saturated carbocycles. The van der Waals surface area contributed by atoms with Crippen LogP contribution < -0.4 is 78.6 Å². The number of hydrogen-bond acceptors (Lipinski definition) is 6. The summed E-state index contributed by atoms with van der Waals surface area (Å²) in [5.74, 6) is 1.10. The van der Waals surface area contributed by atoms with Gasteiger partial charge in [-0.2, -0.15) is 0 Å². The van der Waals surface area contributed by atoms with Crippen LogP contribution >= 0.6 is 0 Å². The second-order valence-electron chi connectivity index (χ2n) is 29.4. The van der Waals surface area contributed by atoms with Crippen LogP contribution in [-0.2, 0) is 23.7 Å². The molecule has 0 N–H and O–H groups in total. The molecular formula is C78H75B3N6. The molecule has 87 heavy (non-hydrogen) atoms. The minimum absolute atomic E-state index is 0.123. The zero-order valence-corrected chi connectivity index (χ0v) is 52.5. The van der Waals surface area contributed by atoms with E-state index < -0.39 is 0 Å². The summed E-state index contributed by atoms with van der Waals surface area (Å²) in [5.41, 5.74) is 40.2. The molecule has 426 valence electrons. The molecule has 9 aromatic rings. The predicted octanol–water partition coefficient (Wildman–Crippen LogP) is 11.6. The van der Waals surface area contributed by atoms with E-state index in [1.807, 2.05) is 0 Å². The van der Waals surface area contributed by atoms with Crippen LogP contribution in [0.2, 0.25) is 0 Å². The van der Waals surface area contributed by atoms with Gasteiger partial charge in [-0.25, -0.2) is 0 Å². The molecule has 12 heterocycles. The summed E-state index contributed by atoms with van der Waals surface area (Å²) < 4.78 is 0. The van der Waals surface area contributed by atoms with Crippen molar-refractivity contribution in [2.45, 2.75) is 155 Å². The van der Waals surface area contributed by atoms with Crippen molar-refractivity contribution in [1.29, 1.82) is 0 Å². The monoisotopic (exact) mass is 1130 g/mol. The van der Waals surface area contributed by atoms with Crippen LogP contribution in [0, 0.1) is 0 Å². The summed E-state index contributed by atoms with van der Waals surface area (Å²) in [5, 5.41) is 0. The average Bonchev–Trinajstić information content (AvgIpc) is 1.61. The number of rotatable bonds is 0. The van der Waals surface area contributed by atoms with Crippen molar-refractivity contribution in [1.82, 2.24) is 0 Å². The lowest BCUT2D eigenvalue weighted by Gasteiger charge is -2.44. The van der Waals surface area contributed by atoms with E-state index in [1.54, 1.807) is 0 Å². The van der Waals surface area contributed by atoms with Crippen molar-refractivity contribution < 1.29 is 0 Å². The lowest BCUT2D eigenvalue weighted by Crippen LogP contribution is -2.62. The molecule has 9 aromatic carbocycles. The van der Waals surface area contributed by atoms with Gasteiger partial charge in [0.25, 0.3) is 20.1 Å². The summed E-state index contributed by atoms with van der Waals surface area (Å²) in [4.78, 5) is 15.8. The number of fused-ring (bicyclic) bond motifs is 12. The average molecular weight is 1130 g/mol. The Morgan fingerprint density at radius 3 is 0.966 bits per heavy atom. The molecule has 8 atom stereocenters. The first kappa shape index (κ1) is 51.1. The predicted molar refractivity (Wildman–Crippen MR) is 372 cm³/mol. The Labute approximate surface area is 516 Å². The molecule has 0 fully saturated rings. The molecule has 0 amide bonds. The number of hydrogen-bond donors (Lipinski definition) is 0. The number of nitrogens with zero attached hydrogens (tertiary/aromatic N) is 6. The third kappa shape index (κ3) is 6.00. The molecule has 12 aliphatic heterocycles. The topological polar surface area (TPSA) is 19.4 Å². The van der Waals surface area contributed by atoms with E-state index in [9.17, 15) is 0 Å². The van der Waals surface area contributed by atoms with Crippen molar-refractivity contribution in [3.8, 4) is 0 Å². The van der Waals surface area contributed by atoms with Crippen LogP contribution in [0.1, 0.15) is 128 Å². The molecule has 12 aliphatic rings. The number of para-hydroxylation sites is 6. The van der Waals surface area contributed by atoms with Gasteiger partial charge in [-0.3, -0.25) is 0 Å². The van der Waals surface area contributed by atoms with Gasteiger partial charge < -0.3 is 29.4 Å². The minimum Gasteiger partial charge on any atom is -0.339 e. The van der Waals surface area contributed by atoms with Crippen LogP contribution in [0.5, 0.6) is 0 Å². The highest BCUT2D eigenvalue weighted by Crippen LogP contribution is 2.56. The van der Waals surface area contributed by atoms with E-state index in [-0.39, 0.29) is 10.8 Å². The van der Waals surface area contributed by atoms with Gasteiger partial charge in [-0.05, 0) is 173 Å². The Balaban J connectivity index is 0.0000000952. The SMILES string of the molecule is CC1Cc2cccc3c2N1c1cccc2c1B3c1cccc3c1N2C(C)C3.CC1N2c3cccc4c3B(c3cccc(c32)C1(C)C)c1cccc2c1N4C(C)C2(C)C.CC1c2cccc3c2N(c2cccc4c2B3c2cccc3c2N4C(C)C3C)C1C. The van der Waals surface area contributed by atoms with E-state index in [0.29, 0.717) is 68.2 Å². The van der Waals surface area contributed by atoms with E-state index in [2.05, 4.69) is 276 Å². The van der Waals surface area contributed by atoms with Crippen molar-refractivity contribution in [3.63, 3.8) is 0 Å². The molecule has 0 aromatic heterocycles. The summed E-state index contributed by atoms with van der Waals surface area (Å²) in [6, 6.07) is 66.0. The Bertz CT molecular complexity index is 4310. The second-order valence-corrected chi connectivity index (χ2v) is 29.4. The fourth-order valence-electron chi connectivity index (χ4n) is 20.1.